The van der Waals surface area contributed by atoms with Crippen molar-refractivity contribution in [2.45, 2.75) is 6.54 Å². The Morgan fingerprint density at radius 1 is 1.48 bits per heavy atom. The van der Waals surface area contributed by atoms with Gasteiger partial charge < -0.3 is 24.4 Å². The van der Waals surface area contributed by atoms with Crippen LogP contribution in [-0.2, 0) is 6.54 Å². The van der Waals surface area contributed by atoms with Gasteiger partial charge in [-0.05, 0) is 45.1 Å². The van der Waals surface area contributed by atoms with E-state index in [1.807, 2.05) is 0 Å². The number of rotatable bonds is 7. The number of ether oxygens (including phenoxy) is 1. The van der Waals surface area contributed by atoms with Crippen LogP contribution in [0, 0.1) is 10.1 Å². The topological polar surface area (TPSA) is 145 Å². The fourth-order valence-electron chi connectivity index (χ4n) is 2.36. The van der Waals surface area contributed by atoms with Gasteiger partial charge in [0, 0.05) is 5.56 Å². The number of hydrogen-bond acceptors (Lipinski definition) is 8. The number of hydrogen-bond donors (Lipinski definition) is 2. The number of furan rings is 1. The molecule has 29 heavy (non-hydrogen) atoms. The number of halogens is 1. The van der Waals surface area contributed by atoms with Crippen molar-refractivity contribution in [3.8, 4) is 11.5 Å². The molecule has 0 aliphatic heterocycles. The van der Waals surface area contributed by atoms with Gasteiger partial charge in [0.15, 0.2) is 17.3 Å². The molecule has 1 amide bonds. The minimum Gasteiger partial charge on any atom is -0.504 e. The Bertz CT molecular complexity index is 1090. The van der Waals surface area contributed by atoms with Crippen LogP contribution in [-0.4, -0.2) is 39.0 Å². The second-order valence-corrected chi connectivity index (χ2v) is 6.47. The van der Waals surface area contributed by atoms with Gasteiger partial charge >= 0.3 is 11.7 Å². The van der Waals surface area contributed by atoms with Gasteiger partial charge in [-0.15, -0.1) is 0 Å². The third kappa shape index (κ3) is 4.60. The molecule has 0 aliphatic carbocycles. The van der Waals surface area contributed by atoms with Gasteiger partial charge in [0.2, 0.25) is 0 Å². The number of aromatic hydroxyl groups is 1. The van der Waals surface area contributed by atoms with Crippen LogP contribution in [0.15, 0.2) is 50.5 Å². The highest BCUT2D eigenvalue weighted by Crippen LogP contribution is 2.28. The van der Waals surface area contributed by atoms with E-state index in [0.29, 0.717) is 11.3 Å². The molecule has 0 aliphatic rings. The minimum atomic E-state index is -0.611. The number of phenolic OH excluding ortho intramolecular Hbond substituents is 1. The van der Waals surface area contributed by atoms with Gasteiger partial charge in [-0.25, -0.2) is 5.43 Å². The summed E-state index contributed by atoms with van der Waals surface area (Å²) in [5, 5.41) is 28.4. The molecule has 1 aromatic carbocycles. The second-order valence-electron chi connectivity index (χ2n) is 5.62. The lowest BCUT2D eigenvalue weighted by Crippen LogP contribution is -2.16. The largest absolute Gasteiger partial charge is 0.504 e. The first-order valence-corrected chi connectivity index (χ1v) is 8.83. The zero-order chi connectivity index (χ0) is 21.0. The molecule has 3 rings (SSSR count). The number of aromatic nitrogens is 2. The predicted molar refractivity (Wildman–Crippen MR) is 104 cm³/mol. The number of benzene rings is 1. The van der Waals surface area contributed by atoms with Crippen LogP contribution >= 0.6 is 15.9 Å². The molecule has 0 radical (unpaired) electrons. The van der Waals surface area contributed by atoms with Crippen LogP contribution in [0.1, 0.15) is 21.9 Å². The molecule has 0 saturated carbocycles. The standard InChI is InChI=1S/C17H14BrN5O6/c1-28-13-4-2-3-10(15(13)24)7-19-20-17(25)14-6-5-11(29-14)8-22-9-12(18)16(21-22)23(26)27/h2-7,9,24H,8H2,1H3,(H,20,25)/b19-7+. The molecule has 0 bridgehead atoms. The number of carbonyl (C=O) groups excluding carboxylic acids is 1. The SMILES string of the molecule is COc1cccc(/C=N/NC(=O)c2ccc(Cn3cc(Br)c([N+](=O)[O-])n3)o2)c1O. The normalized spacial score (nSPS) is 11.0. The van der Waals surface area contributed by atoms with Crippen molar-refractivity contribution in [3.05, 3.63) is 68.2 Å². The molecule has 3 aromatic rings. The predicted octanol–water partition coefficient (Wildman–Crippen LogP) is 2.67. The maximum atomic E-state index is 12.1. The van der Waals surface area contributed by atoms with Crippen molar-refractivity contribution in [1.82, 2.24) is 15.2 Å². The lowest BCUT2D eigenvalue weighted by atomic mass is 10.2. The lowest BCUT2D eigenvalue weighted by molar-refractivity contribution is -0.390. The van der Waals surface area contributed by atoms with E-state index in [2.05, 4.69) is 31.6 Å². The summed E-state index contributed by atoms with van der Waals surface area (Å²) in [5.74, 6) is -0.386. The highest BCUT2D eigenvalue weighted by atomic mass is 79.9. The average Bonchev–Trinajstić information content (AvgIpc) is 3.30. The maximum absolute atomic E-state index is 12.1. The molecule has 2 N–H and O–H groups in total. The van der Waals surface area contributed by atoms with Gasteiger partial charge in [0.05, 0.1) is 24.6 Å². The first-order chi connectivity index (χ1) is 13.9. The first-order valence-electron chi connectivity index (χ1n) is 8.04. The number of methoxy groups -OCH3 is 1. The molecule has 0 saturated heterocycles. The van der Waals surface area contributed by atoms with Crippen LogP contribution in [0.2, 0.25) is 0 Å². The third-order valence-corrected chi connectivity index (χ3v) is 4.25. The highest BCUT2D eigenvalue weighted by Gasteiger charge is 2.20. The number of phenols is 1. The molecule has 0 unspecified atom stereocenters. The van der Waals surface area contributed by atoms with Gasteiger partial charge in [-0.1, -0.05) is 6.07 Å². The Morgan fingerprint density at radius 2 is 2.28 bits per heavy atom. The monoisotopic (exact) mass is 463 g/mol. The van der Waals surface area contributed by atoms with Crippen molar-refractivity contribution in [2.24, 2.45) is 5.10 Å². The molecule has 2 heterocycles. The van der Waals surface area contributed by atoms with Crippen LogP contribution in [0.25, 0.3) is 0 Å². The Morgan fingerprint density at radius 3 is 2.97 bits per heavy atom. The molecule has 11 nitrogen and oxygen atoms in total. The molecule has 150 valence electrons. The van der Waals surface area contributed by atoms with Crippen molar-refractivity contribution >= 4 is 33.9 Å². The second kappa shape index (κ2) is 8.56. The number of nitrogens with one attached hydrogen (secondary N) is 1. The summed E-state index contributed by atoms with van der Waals surface area (Å²) in [6.45, 7) is 0.0979. The molecular formula is C17H14BrN5O6. The summed E-state index contributed by atoms with van der Waals surface area (Å²) in [6.07, 6.45) is 2.70. The smallest absolute Gasteiger partial charge is 0.404 e. The summed E-state index contributed by atoms with van der Waals surface area (Å²) in [5.41, 5.74) is 2.64. The minimum absolute atomic E-state index is 0.00673. The Kier molecular flexibility index (Phi) is 5.93. The Balaban J connectivity index is 1.64. The quantitative estimate of drug-likeness (QED) is 0.311. The zero-order valence-corrected chi connectivity index (χ0v) is 16.5. The van der Waals surface area contributed by atoms with Gasteiger partial charge in [-0.2, -0.15) is 9.78 Å². The molecule has 2 aromatic heterocycles. The number of hydrazone groups is 1. The van der Waals surface area contributed by atoms with E-state index < -0.39 is 10.8 Å². The molecule has 0 spiro atoms. The molecule has 0 atom stereocenters. The van der Waals surface area contributed by atoms with E-state index in [1.165, 1.54) is 30.3 Å². The van der Waals surface area contributed by atoms with E-state index in [-0.39, 0.29) is 34.1 Å². The summed E-state index contributed by atoms with van der Waals surface area (Å²) < 4.78 is 12.0. The third-order valence-electron chi connectivity index (χ3n) is 3.70. The fraction of sp³-hybridized carbons (Fsp3) is 0.118. The number of para-hydroxylation sites is 1. The summed E-state index contributed by atoms with van der Waals surface area (Å²) >= 11 is 3.06. The lowest BCUT2D eigenvalue weighted by Gasteiger charge is -2.04. The van der Waals surface area contributed by atoms with Crippen molar-refractivity contribution in [2.75, 3.05) is 7.11 Å². The van der Waals surface area contributed by atoms with Crippen LogP contribution in [0.5, 0.6) is 11.5 Å². The Hall–Kier alpha value is -3.67. The number of amides is 1. The van der Waals surface area contributed by atoms with E-state index in [9.17, 15) is 20.0 Å². The van der Waals surface area contributed by atoms with Gasteiger partial charge in [0.25, 0.3) is 0 Å². The van der Waals surface area contributed by atoms with Gasteiger partial charge in [-0.3, -0.25) is 4.79 Å². The number of carbonyl (C=O) groups is 1. The van der Waals surface area contributed by atoms with Crippen molar-refractivity contribution in [1.29, 1.82) is 0 Å². The van der Waals surface area contributed by atoms with E-state index in [4.69, 9.17) is 9.15 Å². The van der Waals surface area contributed by atoms with Crippen LogP contribution in [0.3, 0.4) is 0 Å². The van der Waals surface area contributed by atoms with Crippen LogP contribution in [0.4, 0.5) is 5.82 Å². The summed E-state index contributed by atoms with van der Waals surface area (Å²) in [6, 6.07) is 7.84. The number of nitrogens with zero attached hydrogens (tertiary/aromatic N) is 4. The number of nitro groups is 1. The first kappa shape index (κ1) is 20.1. The van der Waals surface area contributed by atoms with E-state index in [1.54, 1.807) is 24.3 Å². The zero-order valence-electron chi connectivity index (χ0n) is 14.9. The van der Waals surface area contributed by atoms with Crippen molar-refractivity contribution < 1.29 is 24.0 Å². The fourth-order valence-corrected chi connectivity index (χ4v) is 2.82. The molecular weight excluding hydrogens is 450 g/mol. The average molecular weight is 464 g/mol. The molecule has 0 fully saturated rings. The Labute approximate surface area is 171 Å². The highest BCUT2D eigenvalue weighted by molar-refractivity contribution is 9.10. The van der Waals surface area contributed by atoms with E-state index in [0.717, 1.165) is 0 Å². The molecule has 12 heteroatoms. The van der Waals surface area contributed by atoms with Gasteiger partial charge in [0.1, 0.15) is 16.8 Å². The maximum Gasteiger partial charge on any atom is 0.404 e. The van der Waals surface area contributed by atoms with E-state index >= 15 is 0 Å². The summed E-state index contributed by atoms with van der Waals surface area (Å²) in [7, 11) is 1.42. The van der Waals surface area contributed by atoms with Crippen molar-refractivity contribution in [3.63, 3.8) is 0 Å². The van der Waals surface area contributed by atoms with Crippen LogP contribution < -0.4 is 10.2 Å². The summed E-state index contributed by atoms with van der Waals surface area (Å²) in [4.78, 5) is 22.3.